The summed E-state index contributed by atoms with van der Waals surface area (Å²) in [6, 6.07) is 0. The quantitative estimate of drug-likeness (QED) is 0.927. The zero-order chi connectivity index (χ0) is 14.8. The third-order valence-electron chi connectivity index (χ3n) is 4.10. The van der Waals surface area contributed by atoms with E-state index >= 15 is 0 Å². The van der Waals surface area contributed by atoms with Gasteiger partial charge in [0.2, 0.25) is 0 Å². The molecule has 21 heavy (non-hydrogen) atoms. The summed E-state index contributed by atoms with van der Waals surface area (Å²) in [6.07, 6.45) is 4.87. The van der Waals surface area contributed by atoms with Gasteiger partial charge in [-0.2, -0.15) is 5.10 Å². The van der Waals surface area contributed by atoms with Gasteiger partial charge in [-0.15, -0.1) is 12.4 Å². The highest BCUT2D eigenvalue weighted by molar-refractivity contribution is 5.85. The molecule has 2 heterocycles. The van der Waals surface area contributed by atoms with E-state index in [2.05, 4.69) is 49.3 Å². The smallest absolute Gasteiger partial charge is 0.0722 e. The molecule has 0 aliphatic carbocycles. The second-order valence-corrected chi connectivity index (χ2v) is 7.23. The van der Waals surface area contributed by atoms with Crippen LogP contribution in [0.2, 0.25) is 0 Å². The number of likely N-dealkylation sites (tertiary alicyclic amines) is 1. The first kappa shape index (κ1) is 18.5. The molecule has 0 amide bonds. The Labute approximate surface area is 135 Å². The fraction of sp³-hybridized carbons (Fsp3) is 0.812. The Morgan fingerprint density at radius 3 is 2.71 bits per heavy atom. The molecular formula is C16H31ClN4. The van der Waals surface area contributed by atoms with Gasteiger partial charge in [0.1, 0.15) is 0 Å². The molecule has 1 unspecified atom stereocenters. The molecule has 1 atom stereocenters. The summed E-state index contributed by atoms with van der Waals surface area (Å²) >= 11 is 0. The topological polar surface area (TPSA) is 33.1 Å². The third-order valence-corrected chi connectivity index (χ3v) is 4.10. The second kappa shape index (κ2) is 7.61. The minimum absolute atomic E-state index is 0. The molecule has 1 aromatic rings. The van der Waals surface area contributed by atoms with Crippen LogP contribution in [0.15, 0.2) is 6.20 Å². The minimum Gasteiger partial charge on any atom is -0.319 e. The molecule has 1 aliphatic rings. The van der Waals surface area contributed by atoms with Gasteiger partial charge in [0.25, 0.3) is 0 Å². The van der Waals surface area contributed by atoms with Gasteiger partial charge in [0, 0.05) is 37.3 Å². The number of hydrogen-bond acceptors (Lipinski definition) is 3. The van der Waals surface area contributed by atoms with Gasteiger partial charge in [-0.05, 0) is 38.9 Å². The monoisotopic (exact) mass is 314 g/mol. The summed E-state index contributed by atoms with van der Waals surface area (Å²) in [6.45, 7) is 11.4. The van der Waals surface area contributed by atoms with E-state index in [1.807, 2.05) is 11.7 Å². The second-order valence-electron chi connectivity index (χ2n) is 7.23. The maximum Gasteiger partial charge on any atom is 0.0722 e. The van der Waals surface area contributed by atoms with Gasteiger partial charge in [-0.3, -0.25) is 9.58 Å². The van der Waals surface area contributed by atoms with Crippen molar-refractivity contribution in [3.05, 3.63) is 17.5 Å². The molecule has 0 aromatic carbocycles. The molecule has 1 saturated heterocycles. The van der Waals surface area contributed by atoms with Crippen LogP contribution in [0.4, 0.5) is 0 Å². The van der Waals surface area contributed by atoms with Gasteiger partial charge >= 0.3 is 0 Å². The Bertz CT molecular complexity index is 434. The lowest BCUT2D eigenvalue weighted by atomic mass is 9.89. The van der Waals surface area contributed by atoms with Crippen LogP contribution >= 0.6 is 12.4 Å². The lowest BCUT2D eigenvalue weighted by Gasteiger charge is -2.33. The van der Waals surface area contributed by atoms with Gasteiger partial charge in [0.05, 0.1) is 5.69 Å². The lowest BCUT2D eigenvalue weighted by Crippen LogP contribution is -2.38. The maximum atomic E-state index is 4.68. The maximum absolute atomic E-state index is 4.68. The van der Waals surface area contributed by atoms with E-state index < -0.39 is 0 Å². The van der Waals surface area contributed by atoms with Crippen LogP contribution < -0.4 is 5.32 Å². The summed E-state index contributed by atoms with van der Waals surface area (Å²) in [5.41, 5.74) is 2.76. The normalized spacial score (nSPS) is 20.3. The highest BCUT2D eigenvalue weighted by Crippen LogP contribution is 2.26. The average Bonchev–Trinajstić information content (AvgIpc) is 2.71. The molecule has 2 rings (SSSR count). The van der Waals surface area contributed by atoms with E-state index in [-0.39, 0.29) is 17.8 Å². The Kier molecular flexibility index (Phi) is 6.70. The number of halogens is 1. The fourth-order valence-electron chi connectivity index (χ4n) is 3.28. The predicted molar refractivity (Wildman–Crippen MR) is 91.1 cm³/mol. The molecular weight excluding hydrogens is 284 g/mol. The summed E-state index contributed by atoms with van der Waals surface area (Å²) in [5, 5.41) is 8.00. The molecule has 0 bridgehead atoms. The van der Waals surface area contributed by atoms with Gasteiger partial charge in [-0.25, -0.2) is 0 Å². The Morgan fingerprint density at radius 1 is 1.38 bits per heavy atom. The Morgan fingerprint density at radius 2 is 2.10 bits per heavy atom. The molecule has 0 saturated carbocycles. The zero-order valence-electron chi connectivity index (χ0n) is 14.1. The van der Waals surface area contributed by atoms with Crippen LogP contribution in [0.25, 0.3) is 0 Å². The number of nitrogens with one attached hydrogen (secondary N) is 1. The molecule has 122 valence electrons. The number of rotatable bonds is 4. The third kappa shape index (κ3) is 4.97. The molecule has 0 spiro atoms. The SMILES string of the molecule is CNCC1CCCN(Cc2cn(C)nc2C(C)(C)C)C1.Cl. The number of piperidine rings is 1. The van der Waals surface area contributed by atoms with Crippen LogP contribution in [0, 0.1) is 5.92 Å². The molecule has 4 nitrogen and oxygen atoms in total. The van der Waals surface area contributed by atoms with Crippen LogP contribution in [-0.2, 0) is 19.0 Å². The van der Waals surface area contributed by atoms with Crippen molar-refractivity contribution in [1.82, 2.24) is 20.0 Å². The Balaban J connectivity index is 0.00000220. The molecule has 1 aromatic heterocycles. The van der Waals surface area contributed by atoms with Crippen molar-refractivity contribution >= 4 is 12.4 Å². The van der Waals surface area contributed by atoms with Gasteiger partial charge in [-0.1, -0.05) is 20.8 Å². The van der Waals surface area contributed by atoms with Crippen molar-refractivity contribution in [2.75, 3.05) is 26.7 Å². The van der Waals surface area contributed by atoms with Gasteiger partial charge in [0.15, 0.2) is 0 Å². The largest absolute Gasteiger partial charge is 0.319 e. The Hall–Kier alpha value is -0.580. The zero-order valence-corrected chi connectivity index (χ0v) is 15.0. The first-order valence-electron chi connectivity index (χ1n) is 7.80. The number of nitrogens with zero attached hydrogens (tertiary/aromatic N) is 3. The molecule has 1 N–H and O–H groups in total. The van der Waals surface area contributed by atoms with E-state index in [0.717, 1.165) is 19.0 Å². The highest BCUT2D eigenvalue weighted by Gasteiger charge is 2.25. The molecule has 1 aliphatic heterocycles. The van der Waals surface area contributed by atoms with Crippen LogP contribution in [0.1, 0.15) is 44.9 Å². The van der Waals surface area contributed by atoms with E-state index in [4.69, 9.17) is 0 Å². The van der Waals surface area contributed by atoms with Gasteiger partial charge < -0.3 is 5.32 Å². The summed E-state index contributed by atoms with van der Waals surface area (Å²) < 4.78 is 1.96. The average molecular weight is 315 g/mol. The van der Waals surface area contributed by atoms with Crippen molar-refractivity contribution in [1.29, 1.82) is 0 Å². The molecule has 5 heteroatoms. The van der Waals surface area contributed by atoms with E-state index in [9.17, 15) is 0 Å². The fourth-order valence-corrected chi connectivity index (χ4v) is 3.28. The van der Waals surface area contributed by atoms with Crippen molar-refractivity contribution in [2.45, 2.75) is 45.6 Å². The van der Waals surface area contributed by atoms with E-state index in [1.165, 1.54) is 37.2 Å². The minimum atomic E-state index is 0. The van der Waals surface area contributed by atoms with Crippen molar-refractivity contribution in [3.63, 3.8) is 0 Å². The van der Waals surface area contributed by atoms with Crippen LogP contribution in [0.5, 0.6) is 0 Å². The lowest BCUT2D eigenvalue weighted by molar-refractivity contribution is 0.166. The molecule has 0 radical (unpaired) electrons. The first-order valence-corrected chi connectivity index (χ1v) is 7.80. The number of aromatic nitrogens is 2. The first-order chi connectivity index (χ1) is 9.40. The van der Waals surface area contributed by atoms with Crippen molar-refractivity contribution < 1.29 is 0 Å². The summed E-state index contributed by atoms with van der Waals surface area (Å²) in [4.78, 5) is 2.60. The van der Waals surface area contributed by atoms with Crippen molar-refractivity contribution in [2.24, 2.45) is 13.0 Å². The predicted octanol–water partition coefficient (Wildman–Crippen LogP) is 2.57. The standard InChI is InChI=1S/C16H30N4.ClH/c1-16(2,3)15-14(11-19(5)18-15)12-20-8-6-7-13(10-20)9-17-4;/h11,13,17H,6-10,12H2,1-5H3;1H. The number of aryl methyl sites for hydroxylation is 1. The van der Waals surface area contributed by atoms with Crippen LogP contribution in [-0.4, -0.2) is 41.4 Å². The summed E-state index contributed by atoms with van der Waals surface area (Å²) in [5.74, 6) is 0.795. The molecule has 1 fully saturated rings. The van der Waals surface area contributed by atoms with E-state index in [0.29, 0.717) is 0 Å². The van der Waals surface area contributed by atoms with Crippen LogP contribution in [0.3, 0.4) is 0 Å². The van der Waals surface area contributed by atoms with E-state index in [1.54, 1.807) is 0 Å². The number of hydrogen-bond donors (Lipinski definition) is 1. The van der Waals surface area contributed by atoms with Crippen molar-refractivity contribution in [3.8, 4) is 0 Å². The summed E-state index contributed by atoms with van der Waals surface area (Å²) in [7, 11) is 4.08. The highest BCUT2D eigenvalue weighted by atomic mass is 35.5.